The first-order valence-electron chi connectivity index (χ1n) is 6.61. The summed E-state index contributed by atoms with van der Waals surface area (Å²) in [6.45, 7) is 6.56. The minimum Gasteiger partial charge on any atom is -0.348 e. The Morgan fingerprint density at radius 1 is 1.32 bits per heavy atom. The zero-order valence-electron chi connectivity index (χ0n) is 11.8. The first-order chi connectivity index (χ1) is 8.52. The van der Waals surface area contributed by atoms with Gasteiger partial charge in [0.25, 0.3) is 5.91 Å². The van der Waals surface area contributed by atoms with Crippen LogP contribution in [0.4, 0.5) is 0 Å². The third-order valence-electron chi connectivity index (χ3n) is 3.67. The van der Waals surface area contributed by atoms with E-state index in [9.17, 15) is 4.79 Å². The van der Waals surface area contributed by atoms with Gasteiger partial charge in [0.05, 0.1) is 0 Å². The zero-order chi connectivity index (χ0) is 13.3. The van der Waals surface area contributed by atoms with Crippen molar-refractivity contribution >= 4 is 18.3 Å². The number of benzene rings is 1. The van der Waals surface area contributed by atoms with E-state index >= 15 is 0 Å². The summed E-state index contributed by atoms with van der Waals surface area (Å²) < 4.78 is 0. The van der Waals surface area contributed by atoms with Gasteiger partial charge < -0.3 is 11.1 Å². The Hall–Kier alpha value is -1.06. The number of nitrogens with two attached hydrogens (primary N) is 1. The third kappa shape index (κ3) is 3.71. The molecule has 3 nitrogen and oxygen atoms in total. The summed E-state index contributed by atoms with van der Waals surface area (Å²) in [6, 6.07) is 4.24. The van der Waals surface area contributed by atoms with Gasteiger partial charge in [-0.3, -0.25) is 4.79 Å². The number of hydrogen-bond acceptors (Lipinski definition) is 2. The molecule has 4 heteroatoms. The van der Waals surface area contributed by atoms with Crippen LogP contribution in [-0.4, -0.2) is 18.5 Å². The van der Waals surface area contributed by atoms with Crippen molar-refractivity contribution in [2.24, 2.45) is 11.7 Å². The molecule has 1 amide bonds. The van der Waals surface area contributed by atoms with Gasteiger partial charge in [0.15, 0.2) is 0 Å². The van der Waals surface area contributed by atoms with Gasteiger partial charge in [0.2, 0.25) is 0 Å². The van der Waals surface area contributed by atoms with Gasteiger partial charge in [-0.1, -0.05) is 17.7 Å². The van der Waals surface area contributed by atoms with Gasteiger partial charge in [-0.25, -0.2) is 0 Å². The van der Waals surface area contributed by atoms with Gasteiger partial charge in [0.1, 0.15) is 0 Å². The smallest absolute Gasteiger partial charge is 0.252 e. The van der Waals surface area contributed by atoms with Crippen LogP contribution in [0.5, 0.6) is 0 Å². The monoisotopic (exact) mass is 282 g/mol. The highest BCUT2D eigenvalue weighted by Gasteiger charge is 2.31. The molecule has 1 atom stereocenters. The lowest BCUT2D eigenvalue weighted by molar-refractivity contribution is 0.0932. The minimum absolute atomic E-state index is 0. The number of hydrogen-bond donors (Lipinski definition) is 2. The van der Waals surface area contributed by atoms with Crippen LogP contribution < -0.4 is 11.1 Å². The predicted octanol–water partition coefficient (Wildman–Crippen LogP) is 2.50. The number of aryl methyl sites for hydroxylation is 3. The maximum Gasteiger partial charge on any atom is 0.252 e. The fourth-order valence-electron chi connectivity index (χ4n) is 2.65. The molecule has 0 aliphatic heterocycles. The zero-order valence-corrected chi connectivity index (χ0v) is 12.6. The summed E-state index contributed by atoms with van der Waals surface area (Å²) in [5, 5.41) is 3.08. The highest BCUT2D eigenvalue weighted by atomic mass is 35.5. The number of rotatable bonds is 4. The highest BCUT2D eigenvalue weighted by Crippen LogP contribution is 2.32. The fraction of sp³-hybridized carbons (Fsp3) is 0.533. The fourth-order valence-corrected chi connectivity index (χ4v) is 2.65. The molecule has 1 unspecified atom stereocenters. The van der Waals surface area contributed by atoms with Gasteiger partial charge in [0, 0.05) is 18.2 Å². The molecule has 0 radical (unpaired) electrons. The van der Waals surface area contributed by atoms with Crippen molar-refractivity contribution in [1.82, 2.24) is 5.32 Å². The van der Waals surface area contributed by atoms with Gasteiger partial charge in [-0.15, -0.1) is 12.4 Å². The number of carbonyl (C=O) groups excluding carboxylic acids is 1. The molecule has 106 valence electrons. The third-order valence-corrected chi connectivity index (χ3v) is 3.67. The van der Waals surface area contributed by atoms with Crippen molar-refractivity contribution in [2.75, 3.05) is 6.54 Å². The van der Waals surface area contributed by atoms with E-state index in [-0.39, 0.29) is 24.4 Å². The summed E-state index contributed by atoms with van der Waals surface area (Å²) in [5.41, 5.74) is 9.80. The number of nitrogens with one attached hydrogen (secondary N) is 1. The molecule has 1 aromatic rings. The molecular weight excluding hydrogens is 260 g/mol. The summed E-state index contributed by atoms with van der Waals surface area (Å²) >= 11 is 0. The van der Waals surface area contributed by atoms with E-state index in [1.807, 2.05) is 13.8 Å². The lowest BCUT2D eigenvalue weighted by Gasteiger charge is -2.18. The lowest BCUT2D eigenvalue weighted by Crippen LogP contribution is -2.42. The number of carbonyl (C=O) groups is 1. The minimum atomic E-state index is 0. The van der Waals surface area contributed by atoms with E-state index in [0.29, 0.717) is 12.5 Å². The normalized spacial score (nSPS) is 15.6. The first kappa shape index (κ1) is 16.0. The van der Waals surface area contributed by atoms with Crippen molar-refractivity contribution in [3.63, 3.8) is 0 Å². The molecule has 3 N–H and O–H groups in total. The topological polar surface area (TPSA) is 55.1 Å². The molecule has 19 heavy (non-hydrogen) atoms. The van der Waals surface area contributed by atoms with Gasteiger partial charge in [-0.05, 0) is 50.7 Å². The van der Waals surface area contributed by atoms with Crippen LogP contribution in [0.1, 0.15) is 39.9 Å². The predicted molar refractivity (Wildman–Crippen MR) is 80.9 cm³/mol. The van der Waals surface area contributed by atoms with E-state index in [1.54, 1.807) is 0 Å². The second-order valence-electron chi connectivity index (χ2n) is 5.43. The molecule has 0 aromatic heterocycles. The Balaban J connectivity index is 0.00000180. The molecular formula is C15H23ClN2O. The molecule has 0 heterocycles. The van der Waals surface area contributed by atoms with E-state index in [4.69, 9.17) is 5.73 Å². The molecule has 1 fully saturated rings. The van der Waals surface area contributed by atoms with Crippen LogP contribution >= 0.6 is 12.4 Å². The molecule has 2 rings (SSSR count). The quantitative estimate of drug-likeness (QED) is 0.891. The Morgan fingerprint density at radius 3 is 2.26 bits per heavy atom. The second-order valence-corrected chi connectivity index (χ2v) is 5.43. The SMILES string of the molecule is Cc1cc(C)c(C(=O)NC(CN)C2CC2)c(C)c1.Cl. The summed E-state index contributed by atoms with van der Waals surface area (Å²) in [7, 11) is 0. The molecule has 0 saturated heterocycles. The van der Waals surface area contributed by atoms with Crippen LogP contribution in [0.25, 0.3) is 0 Å². The van der Waals surface area contributed by atoms with Crippen molar-refractivity contribution < 1.29 is 4.79 Å². The van der Waals surface area contributed by atoms with E-state index in [0.717, 1.165) is 16.7 Å². The van der Waals surface area contributed by atoms with Crippen LogP contribution in [0.2, 0.25) is 0 Å². The molecule has 1 aromatic carbocycles. The van der Waals surface area contributed by atoms with Crippen LogP contribution in [-0.2, 0) is 0 Å². The average Bonchev–Trinajstić information content (AvgIpc) is 3.08. The van der Waals surface area contributed by atoms with Crippen LogP contribution in [0.15, 0.2) is 12.1 Å². The lowest BCUT2D eigenvalue weighted by atomic mass is 9.98. The molecule has 0 bridgehead atoms. The average molecular weight is 283 g/mol. The number of amides is 1. The number of halogens is 1. The molecule has 1 aliphatic rings. The second kappa shape index (κ2) is 6.40. The highest BCUT2D eigenvalue weighted by molar-refractivity contribution is 5.97. The Labute approximate surface area is 121 Å². The largest absolute Gasteiger partial charge is 0.348 e. The first-order valence-corrected chi connectivity index (χ1v) is 6.61. The van der Waals surface area contributed by atoms with E-state index in [2.05, 4.69) is 24.4 Å². The van der Waals surface area contributed by atoms with Crippen LogP contribution in [0.3, 0.4) is 0 Å². The van der Waals surface area contributed by atoms with Crippen molar-refractivity contribution in [1.29, 1.82) is 0 Å². The van der Waals surface area contributed by atoms with Gasteiger partial charge in [-0.2, -0.15) is 0 Å². The Bertz CT molecular complexity index is 446. The van der Waals surface area contributed by atoms with Crippen molar-refractivity contribution in [2.45, 2.75) is 39.7 Å². The van der Waals surface area contributed by atoms with E-state index < -0.39 is 0 Å². The van der Waals surface area contributed by atoms with Crippen LogP contribution in [0, 0.1) is 26.7 Å². The standard InChI is InChI=1S/C15H22N2O.ClH/c1-9-6-10(2)14(11(3)7-9)15(18)17-13(8-16)12-4-5-12;/h6-7,12-13H,4-5,8,16H2,1-3H3,(H,17,18);1H. The summed E-state index contributed by atoms with van der Waals surface area (Å²) in [4.78, 5) is 12.3. The molecule has 1 aliphatic carbocycles. The van der Waals surface area contributed by atoms with E-state index in [1.165, 1.54) is 18.4 Å². The maximum atomic E-state index is 12.3. The Morgan fingerprint density at radius 2 is 1.84 bits per heavy atom. The van der Waals surface area contributed by atoms with Gasteiger partial charge >= 0.3 is 0 Å². The maximum absolute atomic E-state index is 12.3. The molecule has 0 spiro atoms. The van der Waals surface area contributed by atoms with Crippen molar-refractivity contribution in [3.8, 4) is 0 Å². The Kier molecular flexibility index (Phi) is 5.39. The summed E-state index contributed by atoms with van der Waals surface area (Å²) in [5.74, 6) is 0.609. The molecule has 1 saturated carbocycles. The van der Waals surface area contributed by atoms with Crippen molar-refractivity contribution in [3.05, 3.63) is 34.4 Å². The summed E-state index contributed by atoms with van der Waals surface area (Å²) in [6.07, 6.45) is 2.38.